The average molecular weight is 243 g/mol. The second kappa shape index (κ2) is 8.93. The Morgan fingerprint density at radius 1 is 1.59 bits per heavy atom. The highest BCUT2D eigenvalue weighted by molar-refractivity contribution is 5.77. The van der Waals surface area contributed by atoms with Crippen molar-refractivity contribution in [3.05, 3.63) is 0 Å². The van der Waals surface area contributed by atoms with Gasteiger partial charge in [0.25, 0.3) is 0 Å². The van der Waals surface area contributed by atoms with E-state index in [4.69, 9.17) is 10.00 Å². The lowest BCUT2D eigenvalue weighted by atomic mass is 10.0. The van der Waals surface area contributed by atoms with Gasteiger partial charge in [0.05, 0.1) is 24.6 Å². The van der Waals surface area contributed by atoms with E-state index in [0.29, 0.717) is 32.5 Å². The first-order valence-electron chi connectivity index (χ1n) is 5.57. The molecule has 0 aromatic rings. The summed E-state index contributed by atoms with van der Waals surface area (Å²) in [6.07, 6.45) is 0.809. The Balaban J connectivity index is 3.61. The minimum absolute atomic E-state index is 0.133. The molecule has 3 N–H and O–H groups in total. The summed E-state index contributed by atoms with van der Waals surface area (Å²) < 4.78 is 4.87. The summed E-state index contributed by atoms with van der Waals surface area (Å²) in [5.41, 5.74) is -0.886. The smallest absolute Gasteiger partial charge is 0.233 e. The molecule has 0 saturated carbocycles. The second-order valence-electron chi connectivity index (χ2n) is 4.10. The maximum atomic E-state index is 11.2. The van der Waals surface area contributed by atoms with Crippen molar-refractivity contribution in [1.82, 2.24) is 10.6 Å². The molecular formula is C11H21N3O3. The molecule has 0 radical (unpaired) electrons. The molecule has 0 aliphatic heterocycles. The van der Waals surface area contributed by atoms with Crippen molar-refractivity contribution >= 4 is 5.91 Å². The van der Waals surface area contributed by atoms with Crippen LogP contribution in [0.5, 0.6) is 0 Å². The van der Waals surface area contributed by atoms with Gasteiger partial charge in [0.2, 0.25) is 5.91 Å². The molecule has 0 rings (SSSR count). The van der Waals surface area contributed by atoms with Gasteiger partial charge >= 0.3 is 0 Å². The van der Waals surface area contributed by atoms with Crippen molar-refractivity contribution < 1.29 is 14.6 Å². The zero-order valence-corrected chi connectivity index (χ0v) is 10.5. The topological polar surface area (TPSA) is 94.4 Å². The van der Waals surface area contributed by atoms with E-state index in [1.165, 1.54) is 0 Å². The van der Waals surface area contributed by atoms with E-state index in [1.807, 2.05) is 6.07 Å². The number of nitriles is 1. The number of methoxy groups -OCH3 is 1. The number of ether oxygens (including phenoxy) is 1. The average Bonchev–Trinajstić information content (AvgIpc) is 2.26. The molecule has 0 saturated heterocycles. The monoisotopic (exact) mass is 243 g/mol. The standard InChI is InChI=1S/C11H21N3O3/c1-11(16,4-7-17-2)9-13-8-10(15)14-6-3-5-12/h13,16H,3-4,6-9H2,1-2H3,(H,14,15). The Morgan fingerprint density at radius 2 is 2.29 bits per heavy atom. The fourth-order valence-electron chi connectivity index (χ4n) is 1.18. The van der Waals surface area contributed by atoms with E-state index < -0.39 is 5.60 Å². The molecule has 0 fully saturated rings. The van der Waals surface area contributed by atoms with E-state index in [1.54, 1.807) is 14.0 Å². The Hall–Kier alpha value is -1.16. The van der Waals surface area contributed by atoms with Crippen LogP contribution in [0.1, 0.15) is 19.8 Å². The van der Waals surface area contributed by atoms with Crippen LogP contribution >= 0.6 is 0 Å². The minimum atomic E-state index is -0.886. The molecule has 1 amide bonds. The lowest BCUT2D eigenvalue weighted by molar-refractivity contribution is -0.120. The molecule has 0 bridgehead atoms. The highest BCUT2D eigenvalue weighted by Crippen LogP contribution is 2.06. The van der Waals surface area contributed by atoms with Crippen LogP contribution < -0.4 is 10.6 Å². The van der Waals surface area contributed by atoms with Gasteiger partial charge in [-0.2, -0.15) is 5.26 Å². The molecular weight excluding hydrogens is 222 g/mol. The van der Waals surface area contributed by atoms with Gasteiger partial charge in [-0.25, -0.2) is 0 Å². The summed E-state index contributed by atoms with van der Waals surface area (Å²) in [6.45, 7) is 2.98. The molecule has 6 nitrogen and oxygen atoms in total. The van der Waals surface area contributed by atoms with Crippen LogP contribution in [0.2, 0.25) is 0 Å². The zero-order valence-electron chi connectivity index (χ0n) is 10.5. The molecule has 98 valence electrons. The van der Waals surface area contributed by atoms with Crippen LogP contribution in [0, 0.1) is 11.3 Å². The number of amides is 1. The largest absolute Gasteiger partial charge is 0.389 e. The fourth-order valence-corrected chi connectivity index (χ4v) is 1.18. The van der Waals surface area contributed by atoms with Crippen molar-refractivity contribution in [1.29, 1.82) is 5.26 Å². The molecule has 1 atom stereocenters. The van der Waals surface area contributed by atoms with Gasteiger partial charge in [-0.05, 0) is 6.92 Å². The van der Waals surface area contributed by atoms with Gasteiger partial charge < -0.3 is 20.5 Å². The molecule has 6 heteroatoms. The van der Waals surface area contributed by atoms with E-state index in [-0.39, 0.29) is 12.5 Å². The van der Waals surface area contributed by atoms with Crippen LogP contribution in [-0.4, -0.2) is 50.0 Å². The lowest BCUT2D eigenvalue weighted by Crippen LogP contribution is -2.43. The first-order valence-corrected chi connectivity index (χ1v) is 5.57. The van der Waals surface area contributed by atoms with Gasteiger partial charge in [-0.3, -0.25) is 4.79 Å². The first kappa shape index (κ1) is 15.8. The maximum absolute atomic E-state index is 11.2. The summed E-state index contributed by atoms with van der Waals surface area (Å²) in [4.78, 5) is 11.2. The number of nitrogens with one attached hydrogen (secondary N) is 2. The third-order valence-corrected chi connectivity index (χ3v) is 2.20. The molecule has 0 aromatic carbocycles. The van der Waals surface area contributed by atoms with Crippen LogP contribution in [0.15, 0.2) is 0 Å². The molecule has 0 spiro atoms. The van der Waals surface area contributed by atoms with Crippen molar-refractivity contribution in [3.8, 4) is 6.07 Å². The molecule has 0 aliphatic carbocycles. The highest BCUT2D eigenvalue weighted by Gasteiger charge is 2.19. The molecule has 1 unspecified atom stereocenters. The Labute approximate surface area is 102 Å². The molecule has 0 aliphatic rings. The summed E-state index contributed by atoms with van der Waals surface area (Å²) >= 11 is 0. The zero-order chi connectivity index (χ0) is 13.1. The first-order chi connectivity index (χ1) is 8.02. The van der Waals surface area contributed by atoms with Gasteiger partial charge in [-0.1, -0.05) is 0 Å². The Kier molecular flexibility index (Phi) is 8.32. The number of nitrogens with zero attached hydrogens (tertiary/aromatic N) is 1. The molecule has 0 aromatic heterocycles. The number of aliphatic hydroxyl groups is 1. The van der Waals surface area contributed by atoms with Crippen LogP contribution in [0.4, 0.5) is 0 Å². The van der Waals surface area contributed by atoms with Gasteiger partial charge in [0.15, 0.2) is 0 Å². The number of hydrogen-bond acceptors (Lipinski definition) is 5. The normalized spacial score (nSPS) is 13.8. The quantitative estimate of drug-likeness (QED) is 0.470. The third kappa shape index (κ3) is 9.75. The number of carbonyl (C=O) groups is 1. The minimum Gasteiger partial charge on any atom is -0.389 e. The predicted octanol–water partition coefficient (Wildman–Crippen LogP) is -0.607. The summed E-state index contributed by atoms with van der Waals surface area (Å²) in [7, 11) is 1.58. The van der Waals surface area contributed by atoms with Crippen molar-refractivity contribution in [2.75, 3.05) is 33.4 Å². The number of rotatable bonds is 9. The van der Waals surface area contributed by atoms with Crippen LogP contribution in [0.3, 0.4) is 0 Å². The van der Waals surface area contributed by atoms with Crippen molar-refractivity contribution in [2.45, 2.75) is 25.4 Å². The van der Waals surface area contributed by atoms with Gasteiger partial charge in [0.1, 0.15) is 0 Å². The molecule has 17 heavy (non-hydrogen) atoms. The van der Waals surface area contributed by atoms with E-state index >= 15 is 0 Å². The maximum Gasteiger partial charge on any atom is 0.233 e. The van der Waals surface area contributed by atoms with Crippen molar-refractivity contribution in [3.63, 3.8) is 0 Å². The summed E-state index contributed by atoms with van der Waals surface area (Å²) in [5, 5.41) is 23.6. The van der Waals surface area contributed by atoms with E-state index in [9.17, 15) is 9.90 Å². The lowest BCUT2D eigenvalue weighted by Gasteiger charge is -2.23. The van der Waals surface area contributed by atoms with Crippen molar-refractivity contribution in [2.24, 2.45) is 0 Å². The SMILES string of the molecule is COCCC(C)(O)CNCC(=O)NCCC#N. The van der Waals surface area contributed by atoms with E-state index in [0.717, 1.165) is 0 Å². The highest BCUT2D eigenvalue weighted by atomic mass is 16.5. The summed E-state index contributed by atoms with van der Waals surface area (Å²) in [6, 6.07) is 1.94. The van der Waals surface area contributed by atoms with Crippen LogP contribution in [-0.2, 0) is 9.53 Å². The Morgan fingerprint density at radius 3 is 2.88 bits per heavy atom. The van der Waals surface area contributed by atoms with Crippen LogP contribution in [0.25, 0.3) is 0 Å². The third-order valence-electron chi connectivity index (χ3n) is 2.20. The predicted molar refractivity (Wildman–Crippen MR) is 63.2 cm³/mol. The summed E-state index contributed by atoms with van der Waals surface area (Å²) in [5.74, 6) is -0.178. The number of carbonyl (C=O) groups excluding carboxylic acids is 1. The van der Waals surface area contributed by atoms with E-state index in [2.05, 4.69) is 10.6 Å². The Bertz CT molecular complexity index is 261. The second-order valence-corrected chi connectivity index (χ2v) is 4.10. The van der Waals surface area contributed by atoms with Gasteiger partial charge in [0, 0.05) is 33.2 Å². The number of hydrogen-bond donors (Lipinski definition) is 3. The molecule has 0 heterocycles. The van der Waals surface area contributed by atoms with Gasteiger partial charge in [-0.15, -0.1) is 0 Å². The fraction of sp³-hybridized carbons (Fsp3) is 0.818.